The van der Waals surface area contributed by atoms with Gasteiger partial charge in [-0.2, -0.15) is 0 Å². The Kier molecular flexibility index (Phi) is 1.77. The highest BCUT2D eigenvalue weighted by molar-refractivity contribution is 9.10. The number of aromatic nitrogens is 3. The maximum Gasteiger partial charge on any atom is 0.148 e. The van der Waals surface area contributed by atoms with Crippen LogP contribution in [0.2, 0.25) is 0 Å². The summed E-state index contributed by atoms with van der Waals surface area (Å²) >= 11 is 3.37. The second kappa shape index (κ2) is 2.79. The maximum atomic E-state index is 4.23. The highest BCUT2D eigenvalue weighted by Crippen LogP contribution is 2.15. The van der Waals surface area contributed by atoms with E-state index in [1.165, 1.54) is 0 Å². The molecule has 1 aromatic carbocycles. The molecular formula is C8H6BrN3. The first-order valence-electron chi connectivity index (χ1n) is 3.52. The summed E-state index contributed by atoms with van der Waals surface area (Å²) in [5, 5.41) is 7.85. The summed E-state index contributed by atoms with van der Waals surface area (Å²) in [5.41, 5.74) is 1.70. The van der Waals surface area contributed by atoms with Crippen LogP contribution in [-0.2, 0) is 0 Å². The Morgan fingerprint density at radius 1 is 1.17 bits per heavy atom. The van der Waals surface area contributed by atoms with E-state index in [0.29, 0.717) is 5.82 Å². The molecule has 1 aromatic heterocycles. The third-order valence-corrected chi connectivity index (χ3v) is 2.02. The van der Waals surface area contributed by atoms with Gasteiger partial charge in [-0.15, -0.1) is 10.2 Å². The number of fused-ring (bicyclic) bond motifs is 1. The molecule has 1 heterocycles. The molecule has 0 N–H and O–H groups in total. The van der Waals surface area contributed by atoms with Crippen LogP contribution in [0.5, 0.6) is 0 Å². The Bertz CT molecular complexity index is 391. The monoisotopic (exact) mass is 223 g/mol. The second-order valence-electron chi connectivity index (χ2n) is 2.49. The lowest BCUT2D eigenvalue weighted by Crippen LogP contribution is -1.91. The van der Waals surface area contributed by atoms with Crippen molar-refractivity contribution in [3.63, 3.8) is 0 Å². The average molecular weight is 224 g/mol. The van der Waals surface area contributed by atoms with Gasteiger partial charge in [0.25, 0.3) is 0 Å². The van der Waals surface area contributed by atoms with Gasteiger partial charge in [-0.1, -0.05) is 15.9 Å². The zero-order chi connectivity index (χ0) is 8.55. The first kappa shape index (κ1) is 7.61. The molecule has 0 saturated heterocycles. The lowest BCUT2D eigenvalue weighted by Gasteiger charge is -1.96. The maximum absolute atomic E-state index is 4.23. The van der Waals surface area contributed by atoms with E-state index in [-0.39, 0.29) is 0 Å². The summed E-state index contributed by atoms with van der Waals surface area (Å²) in [7, 11) is 0. The van der Waals surface area contributed by atoms with Gasteiger partial charge >= 0.3 is 0 Å². The van der Waals surface area contributed by atoms with Crippen LogP contribution in [0, 0.1) is 6.92 Å². The van der Waals surface area contributed by atoms with Crippen LogP contribution in [0.1, 0.15) is 5.82 Å². The molecule has 0 fully saturated rings. The topological polar surface area (TPSA) is 38.7 Å². The number of hydrogen-bond acceptors (Lipinski definition) is 3. The first-order chi connectivity index (χ1) is 5.75. The number of rotatable bonds is 0. The van der Waals surface area contributed by atoms with Crippen LogP contribution in [0.15, 0.2) is 22.7 Å². The third kappa shape index (κ3) is 1.30. The Hall–Kier alpha value is -1.03. The lowest BCUT2D eigenvalue weighted by molar-refractivity contribution is 0.951. The van der Waals surface area contributed by atoms with Gasteiger partial charge in [0, 0.05) is 4.47 Å². The van der Waals surface area contributed by atoms with Crippen molar-refractivity contribution in [2.75, 3.05) is 0 Å². The first-order valence-corrected chi connectivity index (χ1v) is 4.31. The Morgan fingerprint density at radius 3 is 2.83 bits per heavy atom. The minimum atomic E-state index is 0.695. The van der Waals surface area contributed by atoms with Crippen molar-refractivity contribution in [1.29, 1.82) is 0 Å². The molecule has 0 spiro atoms. The standard InChI is InChI=1S/C8H6BrN3/c1-5-10-8-4-6(9)2-3-7(8)12-11-5/h2-4H,1H3. The van der Waals surface area contributed by atoms with E-state index >= 15 is 0 Å². The van der Waals surface area contributed by atoms with Crippen LogP contribution in [0.4, 0.5) is 0 Å². The lowest BCUT2D eigenvalue weighted by atomic mass is 10.3. The van der Waals surface area contributed by atoms with E-state index in [9.17, 15) is 0 Å². The minimum absolute atomic E-state index is 0.695. The molecule has 0 amide bonds. The van der Waals surface area contributed by atoms with E-state index in [2.05, 4.69) is 31.1 Å². The molecule has 0 aliphatic carbocycles. The fourth-order valence-electron chi connectivity index (χ4n) is 0.994. The Balaban J connectivity index is 2.80. The van der Waals surface area contributed by atoms with Gasteiger partial charge in [-0.05, 0) is 25.1 Å². The zero-order valence-corrected chi connectivity index (χ0v) is 8.04. The number of aryl methyl sites for hydroxylation is 1. The smallest absolute Gasteiger partial charge is 0.148 e. The predicted octanol–water partition coefficient (Wildman–Crippen LogP) is 2.10. The van der Waals surface area contributed by atoms with E-state index in [1.807, 2.05) is 25.1 Å². The molecular weight excluding hydrogens is 218 g/mol. The zero-order valence-electron chi connectivity index (χ0n) is 6.45. The van der Waals surface area contributed by atoms with Crippen LogP contribution in [-0.4, -0.2) is 15.2 Å². The molecule has 3 nitrogen and oxygen atoms in total. The Morgan fingerprint density at radius 2 is 2.00 bits per heavy atom. The molecule has 4 heteroatoms. The summed E-state index contributed by atoms with van der Waals surface area (Å²) in [6, 6.07) is 5.74. The van der Waals surface area contributed by atoms with Crippen LogP contribution < -0.4 is 0 Å². The highest BCUT2D eigenvalue weighted by Gasteiger charge is 1.97. The van der Waals surface area contributed by atoms with E-state index in [0.717, 1.165) is 15.5 Å². The fourth-order valence-corrected chi connectivity index (χ4v) is 1.34. The Labute approximate surface area is 78.0 Å². The summed E-state index contributed by atoms with van der Waals surface area (Å²) < 4.78 is 1.01. The normalized spacial score (nSPS) is 10.5. The number of hydrogen-bond donors (Lipinski definition) is 0. The van der Waals surface area contributed by atoms with Gasteiger partial charge in [0.1, 0.15) is 11.3 Å². The van der Waals surface area contributed by atoms with Gasteiger partial charge in [0.2, 0.25) is 0 Å². The minimum Gasteiger partial charge on any atom is -0.230 e. The van der Waals surface area contributed by atoms with Crippen LogP contribution in [0.25, 0.3) is 11.0 Å². The summed E-state index contributed by atoms with van der Waals surface area (Å²) in [5.74, 6) is 0.695. The average Bonchev–Trinajstić information content (AvgIpc) is 2.03. The SMILES string of the molecule is Cc1nnc2ccc(Br)cc2n1. The molecule has 0 aliphatic rings. The van der Waals surface area contributed by atoms with Crippen molar-refractivity contribution < 1.29 is 0 Å². The van der Waals surface area contributed by atoms with Crippen molar-refractivity contribution in [3.8, 4) is 0 Å². The molecule has 0 saturated carbocycles. The molecule has 0 atom stereocenters. The van der Waals surface area contributed by atoms with Gasteiger partial charge in [-0.25, -0.2) is 4.98 Å². The van der Waals surface area contributed by atoms with E-state index in [4.69, 9.17) is 0 Å². The molecule has 60 valence electrons. The van der Waals surface area contributed by atoms with Crippen molar-refractivity contribution in [2.45, 2.75) is 6.92 Å². The number of halogens is 1. The van der Waals surface area contributed by atoms with Crippen LogP contribution in [0.3, 0.4) is 0 Å². The molecule has 12 heavy (non-hydrogen) atoms. The summed E-state index contributed by atoms with van der Waals surface area (Å²) in [6.45, 7) is 1.83. The predicted molar refractivity (Wildman–Crippen MR) is 49.8 cm³/mol. The van der Waals surface area contributed by atoms with E-state index in [1.54, 1.807) is 0 Å². The van der Waals surface area contributed by atoms with Crippen molar-refractivity contribution in [1.82, 2.24) is 15.2 Å². The second-order valence-corrected chi connectivity index (χ2v) is 3.41. The van der Waals surface area contributed by atoms with Crippen molar-refractivity contribution in [3.05, 3.63) is 28.5 Å². The fraction of sp³-hybridized carbons (Fsp3) is 0.125. The molecule has 0 aliphatic heterocycles. The number of nitrogens with zero attached hydrogens (tertiary/aromatic N) is 3. The van der Waals surface area contributed by atoms with Gasteiger partial charge < -0.3 is 0 Å². The number of benzene rings is 1. The summed E-state index contributed by atoms with van der Waals surface area (Å²) in [6.07, 6.45) is 0. The van der Waals surface area contributed by atoms with E-state index < -0.39 is 0 Å². The highest BCUT2D eigenvalue weighted by atomic mass is 79.9. The largest absolute Gasteiger partial charge is 0.230 e. The van der Waals surface area contributed by atoms with Gasteiger partial charge in [0.15, 0.2) is 0 Å². The van der Waals surface area contributed by atoms with Gasteiger partial charge in [0.05, 0.1) is 5.52 Å². The molecule has 2 rings (SSSR count). The summed E-state index contributed by atoms with van der Waals surface area (Å²) in [4.78, 5) is 4.23. The molecule has 0 unspecified atom stereocenters. The quantitative estimate of drug-likeness (QED) is 0.687. The van der Waals surface area contributed by atoms with Gasteiger partial charge in [-0.3, -0.25) is 0 Å². The molecule has 0 radical (unpaired) electrons. The van der Waals surface area contributed by atoms with Crippen molar-refractivity contribution >= 4 is 27.0 Å². The third-order valence-electron chi connectivity index (χ3n) is 1.52. The van der Waals surface area contributed by atoms with Crippen molar-refractivity contribution in [2.24, 2.45) is 0 Å². The molecule has 0 bridgehead atoms. The molecule has 2 aromatic rings. The van der Waals surface area contributed by atoms with Crippen LogP contribution >= 0.6 is 15.9 Å².